The Balaban J connectivity index is 1.28. The van der Waals surface area contributed by atoms with Crippen LogP contribution in [0.5, 0.6) is 0 Å². The van der Waals surface area contributed by atoms with Gasteiger partial charge in [0.15, 0.2) is 0 Å². The smallest absolute Gasteiger partial charge is 0.146 e. The lowest BCUT2D eigenvalue weighted by atomic mass is 9.85. The highest BCUT2D eigenvalue weighted by molar-refractivity contribution is 6.03. The van der Waals surface area contributed by atoms with E-state index in [1.807, 2.05) is 6.07 Å². The maximum Gasteiger partial charge on any atom is 0.146 e. The first-order valence-corrected chi connectivity index (χ1v) is 13.6. The molecule has 3 aromatic heterocycles. The average molecular weight is 504 g/mol. The summed E-state index contributed by atoms with van der Waals surface area (Å²) in [6, 6.07) is 20.0. The maximum absolute atomic E-state index is 6.49. The molecule has 0 amide bonds. The number of benzene rings is 2. The number of likely N-dealkylation sites (N-methyl/N-ethyl adjacent to an activating group) is 1. The molecule has 5 aromatic rings. The van der Waals surface area contributed by atoms with Crippen molar-refractivity contribution < 1.29 is 0 Å². The van der Waals surface area contributed by atoms with E-state index in [2.05, 4.69) is 88.1 Å². The van der Waals surface area contributed by atoms with Crippen molar-refractivity contribution in [1.29, 1.82) is 0 Å². The lowest BCUT2D eigenvalue weighted by molar-refractivity contribution is 0.0450. The molecule has 7 heteroatoms. The minimum atomic E-state index is 0.425. The van der Waals surface area contributed by atoms with Crippen molar-refractivity contribution in [3.63, 3.8) is 0 Å². The Morgan fingerprint density at radius 2 is 1.61 bits per heavy atom. The molecule has 7 nitrogen and oxygen atoms in total. The van der Waals surface area contributed by atoms with E-state index in [1.54, 1.807) is 6.33 Å². The average Bonchev–Trinajstić information content (AvgIpc) is 3.30. The van der Waals surface area contributed by atoms with Crippen molar-refractivity contribution in [2.75, 3.05) is 39.0 Å². The van der Waals surface area contributed by atoms with Gasteiger partial charge in [-0.15, -0.1) is 0 Å². The molecule has 2 aromatic carbocycles. The molecule has 0 atom stereocenters. The van der Waals surface area contributed by atoms with Crippen LogP contribution < -0.4 is 5.73 Å². The number of nitrogens with zero attached hydrogens (tertiary/aromatic N) is 6. The Hall–Kier alpha value is -3.81. The lowest BCUT2D eigenvalue weighted by Gasteiger charge is -2.46. The monoisotopic (exact) mass is 503 g/mol. The highest BCUT2D eigenvalue weighted by Crippen LogP contribution is 2.43. The molecule has 2 aliphatic rings. The minimum Gasteiger partial charge on any atom is -0.383 e. The number of nitrogen functional groups attached to an aromatic ring is 1. The first kappa shape index (κ1) is 23.3. The maximum atomic E-state index is 6.49. The Bertz CT molecular complexity index is 1630. The molecule has 1 aliphatic carbocycles. The van der Waals surface area contributed by atoms with E-state index in [-0.39, 0.29) is 0 Å². The number of piperazine rings is 1. The third-order valence-corrected chi connectivity index (χ3v) is 8.65. The summed E-state index contributed by atoms with van der Waals surface area (Å²) < 4.78 is 2.35. The van der Waals surface area contributed by atoms with Crippen LogP contribution in [-0.4, -0.2) is 68.6 Å². The van der Waals surface area contributed by atoms with E-state index in [4.69, 9.17) is 15.7 Å². The van der Waals surface area contributed by atoms with E-state index in [1.165, 1.54) is 0 Å². The van der Waals surface area contributed by atoms with Gasteiger partial charge < -0.3 is 15.2 Å². The van der Waals surface area contributed by atoms with Crippen LogP contribution in [0.1, 0.15) is 24.4 Å². The van der Waals surface area contributed by atoms with E-state index >= 15 is 0 Å². The van der Waals surface area contributed by atoms with Gasteiger partial charge in [-0.2, -0.15) is 0 Å². The van der Waals surface area contributed by atoms with Crippen LogP contribution in [0.4, 0.5) is 5.82 Å². The van der Waals surface area contributed by atoms with Crippen molar-refractivity contribution in [1.82, 2.24) is 29.3 Å². The summed E-state index contributed by atoms with van der Waals surface area (Å²) in [6.07, 6.45) is 6.15. The second-order valence-electron chi connectivity index (χ2n) is 10.9. The Labute approximate surface area is 222 Å². The van der Waals surface area contributed by atoms with E-state index < -0.39 is 0 Å². The number of hydrogen-bond acceptors (Lipinski definition) is 6. The Kier molecular flexibility index (Phi) is 5.64. The second-order valence-corrected chi connectivity index (χ2v) is 10.9. The van der Waals surface area contributed by atoms with Crippen LogP contribution in [0.2, 0.25) is 0 Å². The zero-order valence-corrected chi connectivity index (χ0v) is 22.0. The van der Waals surface area contributed by atoms with Gasteiger partial charge in [-0.05, 0) is 44.0 Å². The zero-order valence-electron chi connectivity index (χ0n) is 22.0. The standard InChI is InChI=1S/C31H33N7/c1-20-25(10-8-22-9-11-27(35-29(20)22)21-6-4-3-5-7-21)26-18-38(31-28(26)30(32)33-19-34-31)24-16-23(17-24)37-14-12-36(2)13-15-37/h3-11,18-19,23-24H,12-17H2,1-2H3,(H2,32,33,34). The SMILES string of the molecule is Cc1c(-c2cn(C3CC(N4CCN(C)CC4)C3)c3ncnc(N)c23)ccc2ccc(-c3ccccc3)nc12. The summed E-state index contributed by atoms with van der Waals surface area (Å²) in [5.74, 6) is 0.532. The van der Waals surface area contributed by atoms with Gasteiger partial charge in [-0.25, -0.2) is 15.0 Å². The number of aromatic nitrogens is 4. The molecule has 0 spiro atoms. The molecule has 2 fully saturated rings. The number of hydrogen-bond donors (Lipinski definition) is 1. The number of anilines is 1. The fraction of sp³-hybridized carbons (Fsp3) is 0.323. The fourth-order valence-electron chi connectivity index (χ4n) is 6.25. The lowest BCUT2D eigenvalue weighted by Crippen LogP contribution is -2.53. The van der Waals surface area contributed by atoms with Crippen molar-refractivity contribution in [3.8, 4) is 22.4 Å². The molecule has 4 heterocycles. The number of aryl methyl sites for hydroxylation is 1. The van der Waals surface area contributed by atoms with Crippen molar-refractivity contribution >= 4 is 27.8 Å². The van der Waals surface area contributed by atoms with Crippen LogP contribution in [0.15, 0.2) is 67.1 Å². The number of nitrogens with two attached hydrogens (primary N) is 1. The zero-order chi connectivity index (χ0) is 25.8. The Morgan fingerprint density at radius 1 is 0.842 bits per heavy atom. The van der Waals surface area contributed by atoms with Crippen LogP contribution >= 0.6 is 0 Å². The van der Waals surface area contributed by atoms with Gasteiger partial charge in [-0.3, -0.25) is 4.90 Å². The summed E-state index contributed by atoms with van der Waals surface area (Å²) in [7, 11) is 2.21. The normalized spacial score (nSPS) is 20.7. The predicted octanol–water partition coefficient (Wildman–Crippen LogP) is 5.16. The summed E-state index contributed by atoms with van der Waals surface area (Å²) in [4.78, 5) is 19.3. The molecule has 0 unspecified atom stereocenters. The first-order valence-electron chi connectivity index (χ1n) is 13.6. The van der Waals surface area contributed by atoms with E-state index in [0.717, 1.165) is 88.9 Å². The highest BCUT2D eigenvalue weighted by atomic mass is 15.3. The van der Waals surface area contributed by atoms with Crippen LogP contribution in [-0.2, 0) is 0 Å². The van der Waals surface area contributed by atoms with E-state index in [9.17, 15) is 0 Å². The van der Waals surface area contributed by atoms with Crippen LogP contribution in [0.25, 0.3) is 44.3 Å². The summed E-state index contributed by atoms with van der Waals surface area (Å²) in [6.45, 7) is 6.80. The molecule has 0 bridgehead atoms. The second kappa shape index (κ2) is 9.19. The highest BCUT2D eigenvalue weighted by Gasteiger charge is 2.37. The Morgan fingerprint density at radius 3 is 2.39 bits per heavy atom. The van der Waals surface area contributed by atoms with Crippen molar-refractivity contribution in [3.05, 3.63) is 72.7 Å². The fourth-order valence-corrected chi connectivity index (χ4v) is 6.25. The summed E-state index contributed by atoms with van der Waals surface area (Å²) >= 11 is 0. The van der Waals surface area contributed by atoms with Gasteiger partial charge in [0.2, 0.25) is 0 Å². The summed E-state index contributed by atoms with van der Waals surface area (Å²) in [5, 5.41) is 2.07. The minimum absolute atomic E-state index is 0.425. The van der Waals surface area contributed by atoms with Crippen LogP contribution in [0.3, 0.4) is 0 Å². The third-order valence-electron chi connectivity index (χ3n) is 8.65. The van der Waals surface area contributed by atoms with Crippen LogP contribution in [0, 0.1) is 6.92 Å². The molecule has 1 saturated carbocycles. The third kappa shape index (κ3) is 3.85. The first-order chi connectivity index (χ1) is 18.6. The van der Waals surface area contributed by atoms with Crippen molar-refractivity contribution in [2.24, 2.45) is 0 Å². The van der Waals surface area contributed by atoms with Crippen molar-refractivity contribution in [2.45, 2.75) is 31.8 Å². The molecule has 192 valence electrons. The molecular formula is C31H33N7. The summed E-state index contributed by atoms with van der Waals surface area (Å²) in [5.41, 5.74) is 13.9. The molecule has 2 N–H and O–H groups in total. The molecule has 38 heavy (non-hydrogen) atoms. The molecule has 1 aliphatic heterocycles. The molecule has 1 saturated heterocycles. The number of rotatable bonds is 4. The number of fused-ring (bicyclic) bond motifs is 2. The van der Waals surface area contributed by atoms with E-state index in [0.29, 0.717) is 17.9 Å². The topological polar surface area (TPSA) is 76.1 Å². The number of pyridine rings is 1. The molecular weight excluding hydrogens is 470 g/mol. The largest absolute Gasteiger partial charge is 0.383 e. The van der Waals surface area contributed by atoms with Gasteiger partial charge in [0.05, 0.1) is 16.6 Å². The van der Waals surface area contributed by atoms with Gasteiger partial charge >= 0.3 is 0 Å². The quantitative estimate of drug-likeness (QED) is 0.365. The predicted molar refractivity (Wildman–Crippen MR) is 154 cm³/mol. The van der Waals surface area contributed by atoms with Gasteiger partial charge in [0.25, 0.3) is 0 Å². The van der Waals surface area contributed by atoms with Gasteiger partial charge in [0, 0.05) is 61.0 Å². The molecule has 7 rings (SSSR count). The molecule has 0 radical (unpaired) electrons. The van der Waals surface area contributed by atoms with Gasteiger partial charge in [0.1, 0.15) is 17.8 Å². The van der Waals surface area contributed by atoms with Gasteiger partial charge in [-0.1, -0.05) is 48.5 Å².